The number of primary amides is 1. The number of carbonyl (C=O) groups is 7. The molecule has 0 radical (unpaired) electrons. The number of benzene rings is 2. The first-order valence-electron chi connectivity index (χ1n) is 15.9. The average molecular weight is 699 g/mol. The largest absolute Gasteiger partial charge is 0.507 e. The van der Waals surface area contributed by atoms with Crippen LogP contribution in [-0.2, 0) is 35.2 Å². The minimum absolute atomic E-state index is 0.0266. The van der Waals surface area contributed by atoms with Gasteiger partial charge in [0.05, 0.1) is 17.5 Å². The van der Waals surface area contributed by atoms with Crippen molar-refractivity contribution in [1.29, 1.82) is 0 Å². The maximum Gasteiger partial charge on any atom is 0.471 e. The van der Waals surface area contributed by atoms with E-state index in [4.69, 9.17) is 5.73 Å². The number of likely N-dealkylation sites (tertiary alicyclic amines) is 1. The van der Waals surface area contributed by atoms with E-state index in [0.29, 0.717) is 21.6 Å². The number of nitrogens with one attached hydrogen (secondary N) is 1. The highest BCUT2D eigenvalue weighted by molar-refractivity contribution is 6.32. The van der Waals surface area contributed by atoms with E-state index in [1.54, 1.807) is 18.2 Å². The van der Waals surface area contributed by atoms with Crippen LogP contribution in [0.15, 0.2) is 36.4 Å². The van der Waals surface area contributed by atoms with Crippen molar-refractivity contribution in [2.24, 2.45) is 29.4 Å². The van der Waals surface area contributed by atoms with Crippen LogP contribution in [0.4, 0.5) is 18.9 Å². The number of phenols is 1. The molecule has 3 fully saturated rings. The molecule has 0 aromatic heterocycles. The Balaban J connectivity index is 1.30. The summed E-state index contributed by atoms with van der Waals surface area (Å²) >= 11 is 0. The molecule has 5 N–H and O–H groups in total. The van der Waals surface area contributed by atoms with Crippen LogP contribution in [0, 0.1) is 23.7 Å². The number of hydrogen-bond acceptors (Lipinski definition) is 10. The number of likely N-dealkylation sites (N-methyl/N-ethyl adjacent to an activating group) is 1. The highest BCUT2D eigenvalue weighted by Crippen LogP contribution is 2.51. The number of anilines is 1. The predicted molar refractivity (Wildman–Crippen MR) is 166 cm³/mol. The number of alkyl halides is 3. The second kappa shape index (κ2) is 12.1. The van der Waals surface area contributed by atoms with Crippen LogP contribution in [0.5, 0.6) is 5.75 Å². The lowest BCUT2D eigenvalue weighted by atomic mass is 9.52. The lowest BCUT2D eigenvalue weighted by Crippen LogP contribution is -2.74. The lowest BCUT2D eigenvalue weighted by Gasteiger charge is -2.52. The van der Waals surface area contributed by atoms with Crippen molar-refractivity contribution >= 4 is 46.5 Å². The molecule has 4 aliphatic rings. The molecule has 1 saturated heterocycles. The molecule has 16 heteroatoms. The van der Waals surface area contributed by atoms with E-state index in [1.807, 2.05) is 0 Å². The van der Waals surface area contributed by atoms with E-state index in [2.05, 4.69) is 5.32 Å². The van der Waals surface area contributed by atoms with Crippen LogP contribution < -0.4 is 11.1 Å². The summed E-state index contributed by atoms with van der Waals surface area (Å²) in [5.74, 6) is -14.6. The lowest BCUT2D eigenvalue weighted by molar-refractivity contribution is -0.186. The fraction of sp³-hybridized carbons (Fsp3) is 0.441. The second-order valence-corrected chi connectivity index (χ2v) is 13.5. The number of phenolic OH excluding ortho intramolecular Hbond substituents is 1. The van der Waals surface area contributed by atoms with E-state index < -0.39 is 94.1 Å². The molecule has 0 bridgehead atoms. The first-order chi connectivity index (χ1) is 23.4. The van der Waals surface area contributed by atoms with E-state index in [1.165, 1.54) is 37.2 Å². The SMILES string of the molecule is CN(C)[C@@H]1C(=O)C(C(N)=O)C(=O)[C@@]2(O)C(=O)C3C(=O)c4c(O)ccc(-c5ccc(NC(=O)C6CCCN6C(=O)C(F)(F)F)cc5)c4C[C@H]3C[C@@H]12. The summed E-state index contributed by atoms with van der Waals surface area (Å²) in [6.45, 7) is -0.205. The van der Waals surface area contributed by atoms with Gasteiger partial charge in [0.1, 0.15) is 11.8 Å². The van der Waals surface area contributed by atoms with Gasteiger partial charge in [-0.15, -0.1) is 0 Å². The molecule has 13 nitrogen and oxygen atoms in total. The van der Waals surface area contributed by atoms with Crippen molar-refractivity contribution in [3.8, 4) is 16.9 Å². The number of fused-ring (bicyclic) bond motifs is 3. The minimum Gasteiger partial charge on any atom is -0.507 e. The molecule has 0 spiro atoms. The molecule has 50 heavy (non-hydrogen) atoms. The van der Waals surface area contributed by atoms with Gasteiger partial charge in [0.25, 0.3) is 0 Å². The molecule has 3 amide bonds. The predicted octanol–water partition coefficient (Wildman–Crippen LogP) is 1.03. The number of nitrogens with two attached hydrogens (primary N) is 1. The number of aliphatic hydroxyl groups is 1. The number of hydrogen-bond donors (Lipinski definition) is 4. The Morgan fingerprint density at radius 1 is 1.02 bits per heavy atom. The third-order valence-corrected chi connectivity index (χ3v) is 10.5. The molecule has 6 rings (SSSR count). The zero-order chi connectivity index (χ0) is 36.6. The summed E-state index contributed by atoms with van der Waals surface area (Å²) in [5.41, 5.74) is 3.88. The smallest absolute Gasteiger partial charge is 0.471 e. The Morgan fingerprint density at radius 2 is 1.68 bits per heavy atom. The van der Waals surface area contributed by atoms with Gasteiger partial charge in [-0.1, -0.05) is 18.2 Å². The van der Waals surface area contributed by atoms with E-state index >= 15 is 0 Å². The van der Waals surface area contributed by atoms with Crippen molar-refractivity contribution in [1.82, 2.24) is 9.80 Å². The summed E-state index contributed by atoms with van der Waals surface area (Å²) in [4.78, 5) is 93.5. The number of nitrogens with zero attached hydrogens (tertiary/aromatic N) is 2. The Morgan fingerprint density at radius 3 is 2.28 bits per heavy atom. The zero-order valence-corrected chi connectivity index (χ0v) is 26.8. The molecular weight excluding hydrogens is 665 g/mol. The van der Waals surface area contributed by atoms with Crippen molar-refractivity contribution < 1.29 is 56.9 Å². The van der Waals surface area contributed by atoms with E-state index in [9.17, 15) is 56.9 Å². The van der Waals surface area contributed by atoms with Gasteiger partial charge in [-0.3, -0.25) is 38.5 Å². The van der Waals surface area contributed by atoms with Gasteiger partial charge in [0, 0.05) is 18.2 Å². The monoisotopic (exact) mass is 698 g/mol. The summed E-state index contributed by atoms with van der Waals surface area (Å²) in [7, 11) is 2.98. The number of ketones is 4. The Labute approximate surface area is 282 Å². The molecule has 2 saturated carbocycles. The molecule has 1 heterocycles. The Hall–Kier alpha value is -4.96. The van der Waals surface area contributed by atoms with Gasteiger partial charge in [-0.2, -0.15) is 13.2 Å². The van der Waals surface area contributed by atoms with E-state index in [0.717, 1.165) is 0 Å². The van der Waals surface area contributed by atoms with Crippen LogP contribution in [-0.4, -0.2) is 105 Å². The van der Waals surface area contributed by atoms with E-state index in [-0.39, 0.29) is 43.5 Å². The van der Waals surface area contributed by atoms with Crippen molar-refractivity contribution in [3.05, 3.63) is 47.5 Å². The minimum atomic E-state index is -5.12. The maximum absolute atomic E-state index is 14.0. The molecule has 3 unspecified atom stereocenters. The number of carbonyl (C=O) groups excluding carboxylic acids is 7. The second-order valence-electron chi connectivity index (χ2n) is 13.5. The van der Waals surface area contributed by atoms with Crippen LogP contribution in [0.1, 0.15) is 35.2 Å². The van der Waals surface area contributed by atoms with Crippen LogP contribution in [0.3, 0.4) is 0 Å². The average Bonchev–Trinajstić information content (AvgIpc) is 3.52. The molecule has 264 valence electrons. The summed E-state index contributed by atoms with van der Waals surface area (Å²) in [5, 5.41) is 25.1. The fourth-order valence-corrected chi connectivity index (χ4v) is 8.28. The Bertz CT molecular complexity index is 1860. The van der Waals surface area contributed by atoms with Gasteiger partial charge in [0.2, 0.25) is 11.8 Å². The van der Waals surface area contributed by atoms with Gasteiger partial charge in [-0.25, -0.2) is 0 Å². The normalized spacial score (nSPS) is 29.4. The first-order valence-corrected chi connectivity index (χ1v) is 15.9. The third-order valence-electron chi connectivity index (χ3n) is 10.5. The maximum atomic E-state index is 14.0. The van der Waals surface area contributed by atoms with Crippen molar-refractivity contribution in [2.75, 3.05) is 26.0 Å². The number of rotatable bonds is 5. The van der Waals surface area contributed by atoms with Gasteiger partial charge >= 0.3 is 12.1 Å². The van der Waals surface area contributed by atoms with Gasteiger partial charge in [0.15, 0.2) is 34.7 Å². The number of halogens is 3. The number of Topliss-reactive ketones (excluding diaryl/α,β-unsaturated/α-hetero) is 4. The van der Waals surface area contributed by atoms with Crippen LogP contribution in [0.2, 0.25) is 0 Å². The zero-order valence-electron chi connectivity index (χ0n) is 26.8. The molecule has 1 aliphatic heterocycles. The molecule has 2 aromatic rings. The van der Waals surface area contributed by atoms with Crippen molar-refractivity contribution in [3.63, 3.8) is 0 Å². The highest BCUT2D eigenvalue weighted by atomic mass is 19.4. The fourth-order valence-electron chi connectivity index (χ4n) is 8.28. The number of aromatic hydroxyl groups is 1. The van der Waals surface area contributed by atoms with Crippen LogP contribution in [0.25, 0.3) is 11.1 Å². The molecule has 2 aromatic carbocycles. The molecule has 3 aliphatic carbocycles. The first kappa shape index (κ1) is 34.9. The highest BCUT2D eigenvalue weighted by Gasteiger charge is 2.69. The van der Waals surface area contributed by atoms with Gasteiger partial charge in [-0.05, 0) is 80.6 Å². The number of amides is 3. The molecular formula is C34H33F3N4O9. The summed E-state index contributed by atoms with van der Waals surface area (Å²) in [6, 6.07) is 6.34. The quantitative estimate of drug-likeness (QED) is 0.327. The summed E-state index contributed by atoms with van der Waals surface area (Å²) < 4.78 is 39.1. The molecule has 7 atom stereocenters. The third kappa shape index (κ3) is 5.28. The summed E-state index contributed by atoms with van der Waals surface area (Å²) in [6.07, 6.45) is -4.93. The van der Waals surface area contributed by atoms with Crippen LogP contribution >= 0.6 is 0 Å². The van der Waals surface area contributed by atoms with Crippen molar-refractivity contribution in [2.45, 2.75) is 49.5 Å². The topological polar surface area (TPSA) is 204 Å². The van der Waals surface area contributed by atoms with Gasteiger partial charge < -0.3 is 26.2 Å². The standard InChI is InChI=1S/C34H33F3N4O9/c1-40(2)25-19-13-15-12-18-17(14-5-7-16(8-6-14)39-31(48)20-4-3-11-41(20)32(49)34(35,36)37)9-10-21(42)23(18)26(43)22(15)28(45)33(19,50)29(46)24(27(25)44)30(38)47/h5-10,15,19-20,22,24-25,42,50H,3-4,11-13H2,1-2H3,(H2,38,47)(H,39,48)/t15-,19-,20?,22?,24?,25-,33-/m0/s1. The Kier molecular flexibility index (Phi) is 8.46.